The van der Waals surface area contributed by atoms with Crippen LogP contribution in [0.2, 0.25) is 0 Å². The average molecular weight is 278 g/mol. The molecule has 0 saturated heterocycles. The number of thioether (sulfide) groups is 1. The molecule has 0 aromatic rings. The lowest BCUT2D eigenvalue weighted by Crippen LogP contribution is -2.12. The summed E-state index contributed by atoms with van der Waals surface area (Å²) in [5.41, 5.74) is 0. The predicted molar refractivity (Wildman–Crippen MR) is 60.1 cm³/mol. The van der Waals surface area contributed by atoms with Crippen LogP contribution < -0.4 is 0 Å². The lowest BCUT2D eigenvalue weighted by molar-refractivity contribution is 0.343. The van der Waals surface area contributed by atoms with E-state index < -0.39 is 20.6 Å². The van der Waals surface area contributed by atoms with E-state index in [0.717, 1.165) is 24.6 Å². The molecule has 0 aromatic heterocycles. The largest absolute Gasteiger partial charge is 0.341 e. The van der Waals surface area contributed by atoms with Crippen molar-refractivity contribution in [3.05, 3.63) is 0 Å². The Bertz CT molecular complexity index is 249. The molecule has 0 unspecified atom stereocenters. The Balaban J connectivity index is 4.30. The maximum Gasteiger partial charge on any atom is 0.341 e. The number of hydrogen-bond donors (Lipinski definition) is 4. The highest BCUT2D eigenvalue weighted by Crippen LogP contribution is 2.60. The molecular weight excluding hydrogens is 262 g/mol. The molecule has 9 heteroatoms. The van der Waals surface area contributed by atoms with Crippen molar-refractivity contribution >= 4 is 27.0 Å². The van der Waals surface area contributed by atoms with Gasteiger partial charge in [0.2, 0.25) is 0 Å². The molecule has 15 heavy (non-hydrogen) atoms. The van der Waals surface area contributed by atoms with Gasteiger partial charge < -0.3 is 19.6 Å². The third kappa shape index (κ3) is 6.74. The molecule has 0 amide bonds. The van der Waals surface area contributed by atoms with Crippen LogP contribution in [0, 0.1) is 0 Å². The third-order valence-electron chi connectivity index (χ3n) is 1.69. The first-order valence-electron chi connectivity index (χ1n) is 4.37. The van der Waals surface area contributed by atoms with Crippen molar-refractivity contribution in [3.8, 4) is 0 Å². The fourth-order valence-electron chi connectivity index (χ4n) is 0.825. The van der Waals surface area contributed by atoms with Crippen LogP contribution in [0.25, 0.3) is 0 Å². The molecule has 0 radical (unpaired) electrons. The molecule has 0 fully saturated rings. The van der Waals surface area contributed by atoms with Crippen LogP contribution in [-0.4, -0.2) is 36.5 Å². The summed E-state index contributed by atoms with van der Waals surface area (Å²) in [6.45, 7) is 1.96. The molecule has 0 aromatic carbocycles. The van der Waals surface area contributed by atoms with Crippen molar-refractivity contribution in [1.82, 2.24) is 0 Å². The van der Waals surface area contributed by atoms with E-state index in [1.54, 1.807) is 0 Å². The van der Waals surface area contributed by atoms with Gasteiger partial charge in [0.15, 0.2) is 5.40 Å². The van der Waals surface area contributed by atoms with Crippen molar-refractivity contribution in [2.75, 3.05) is 11.5 Å². The summed E-state index contributed by atoms with van der Waals surface area (Å²) in [5.74, 6) is 0.432. The van der Waals surface area contributed by atoms with Gasteiger partial charge in [-0.2, -0.15) is 11.8 Å². The first kappa shape index (κ1) is 15.7. The van der Waals surface area contributed by atoms with Crippen LogP contribution in [0.1, 0.15) is 19.8 Å². The van der Waals surface area contributed by atoms with E-state index in [4.69, 9.17) is 19.6 Å². The number of hydrogen-bond acceptors (Lipinski definition) is 3. The minimum atomic E-state index is -4.73. The topological polar surface area (TPSA) is 115 Å². The monoisotopic (exact) mass is 278 g/mol. The van der Waals surface area contributed by atoms with E-state index in [1.165, 1.54) is 0 Å². The second-order valence-corrected chi connectivity index (χ2v) is 8.25. The van der Waals surface area contributed by atoms with Crippen LogP contribution in [0.15, 0.2) is 0 Å². The van der Waals surface area contributed by atoms with Crippen molar-refractivity contribution < 1.29 is 28.7 Å². The van der Waals surface area contributed by atoms with Gasteiger partial charge >= 0.3 is 15.2 Å². The lowest BCUT2D eigenvalue weighted by Gasteiger charge is -2.18. The highest BCUT2D eigenvalue weighted by atomic mass is 32.2. The molecule has 0 spiro atoms. The Kier molecular flexibility index (Phi) is 6.68. The molecule has 92 valence electrons. The van der Waals surface area contributed by atoms with Crippen molar-refractivity contribution in [1.29, 1.82) is 0 Å². The molecule has 0 rings (SSSR count). The maximum absolute atomic E-state index is 10.8. The summed E-state index contributed by atoms with van der Waals surface area (Å²) in [6.07, 6.45) is 1.79. The zero-order valence-corrected chi connectivity index (χ0v) is 10.9. The molecule has 0 bridgehead atoms. The molecule has 0 aliphatic heterocycles. The second kappa shape index (κ2) is 6.40. The highest BCUT2D eigenvalue weighted by Gasteiger charge is 2.42. The van der Waals surface area contributed by atoms with E-state index in [1.807, 2.05) is 6.92 Å². The van der Waals surface area contributed by atoms with Crippen molar-refractivity contribution in [3.63, 3.8) is 0 Å². The fourth-order valence-corrected chi connectivity index (χ4v) is 5.45. The first-order chi connectivity index (χ1) is 6.69. The van der Waals surface area contributed by atoms with E-state index in [2.05, 4.69) is 0 Å². The van der Waals surface area contributed by atoms with Crippen LogP contribution in [0.4, 0.5) is 0 Å². The number of unbranched alkanes of at least 4 members (excludes halogenated alkanes) is 1. The normalized spacial score (nSPS) is 13.5. The zero-order chi connectivity index (χ0) is 12.1. The van der Waals surface area contributed by atoms with Gasteiger partial charge in [-0.3, -0.25) is 9.13 Å². The summed E-state index contributed by atoms with van der Waals surface area (Å²) in [6, 6.07) is 0. The molecule has 0 aliphatic carbocycles. The number of rotatable bonds is 7. The summed E-state index contributed by atoms with van der Waals surface area (Å²) in [7, 11) is -9.46. The second-order valence-electron chi connectivity index (χ2n) is 3.09. The zero-order valence-electron chi connectivity index (χ0n) is 8.31. The molecule has 6 nitrogen and oxygen atoms in total. The average Bonchev–Trinajstić information content (AvgIpc) is 1.99. The van der Waals surface area contributed by atoms with Gasteiger partial charge in [0.1, 0.15) is 0 Å². The Labute approximate surface area is 92.8 Å². The van der Waals surface area contributed by atoms with Gasteiger partial charge in [-0.05, 0) is 12.2 Å². The molecule has 0 heterocycles. The molecule has 4 N–H and O–H groups in total. The smallest absolute Gasteiger partial charge is 0.324 e. The standard InChI is InChI=1S/C6H16O6P2S/c1-2-3-4-15-5-6(13(7,8)9)14(10,11)12/h6H,2-5H2,1H3,(H2,7,8,9)(H2,10,11,12). The fraction of sp³-hybridized carbons (Fsp3) is 1.00. The molecular formula is C6H16O6P2S. The highest BCUT2D eigenvalue weighted by molar-refractivity contribution is 8.00. The van der Waals surface area contributed by atoms with Gasteiger partial charge in [-0.25, -0.2) is 0 Å². The van der Waals surface area contributed by atoms with Crippen LogP contribution in [0.3, 0.4) is 0 Å². The molecule has 0 aliphatic rings. The van der Waals surface area contributed by atoms with Crippen LogP contribution in [0.5, 0.6) is 0 Å². The van der Waals surface area contributed by atoms with E-state index >= 15 is 0 Å². The Morgan fingerprint density at radius 3 is 1.93 bits per heavy atom. The summed E-state index contributed by atoms with van der Waals surface area (Å²) < 4.78 is 21.7. The lowest BCUT2D eigenvalue weighted by atomic mass is 10.4. The Morgan fingerprint density at radius 1 is 1.13 bits per heavy atom. The van der Waals surface area contributed by atoms with E-state index in [0.29, 0.717) is 5.75 Å². The Morgan fingerprint density at radius 2 is 1.60 bits per heavy atom. The minimum Gasteiger partial charge on any atom is -0.324 e. The minimum absolute atomic E-state index is 0.214. The summed E-state index contributed by atoms with van der Waals surface area (Å²) >= 11 is 1.16. The maximum atomic E-state index is 10.8. The van der Waals surface area contributed by atoms with E-state index in [-0.39, 0.29) is 5.75 Å². The molecule has 0 atom stereocenters. The molecule has 0 saturated carbocycles. The van der Waals surface area contributed by atoms with Crippen LogP contribution >= 0.6 is 27.0 Å². The van der Waals surface area contributed by atoms with Gasteiger partial charge in [-0.1, -0.05) is 13.3 Å². The van der Waals surface area contributed by atoms with Gasteiger partial charge in [0.05, 0.1) is 0 Å². The quantitative estimate of drug-likeness (QED) is 0.408. The van der Waals surface area contributed by atoms with E-state index in [9.17, 15) is 9.13 Å². The first-order valence-corrected chi connectivity index (χ1v) is 8.89. The Hall–Kier alpha value is 0.650. The van der Waals surface area contributed by atoms with Crippen molar-refractivity contribution in [2.45, 2.75) is 25.2 Å². The van der Waals surface area contributed by atoms with Gasteiger partial charge in [-0.15, -0.1) is 0 Å². The predicted octanol–water partition coefficient (Wildman–Crippen LogP) is 1.20. The van der Waals surface area contributed by atoms with Gasteiger partial charge in [0, 0.05) is 5.75 Å². The van der Waals surface area contributed by atoms with Gasteiger partial charge in [0.25, 0.3) is 0 Å². The van der Waals surface area contributed by atoms with Crippen LogP contribution in [-0.2, 0) is 9.13 Å². The summed E-state index contributed by atoms with van der Waals surface area (Å²) in [4.78, 5) is 35.1. The SMILES string of the molecule is CCCCSCC(P(=O)(O)O)P(=O)(O)O. The third-order valence-corrected chi connectivity index (χ3v) is 7.05. The van der Waals surface area contributed by atoms with Crippen molar-refractivity contribution in [2.24, 2.45) is 0 Å². The summed E-state index contributed by atoms with van der Waals surface area (Å²) in [5, 5.41) is -1.87.